The lowest BCUT2D eigenvalue weighted by molar-refractivity contribution is 0.236. The van der Waals surface area contributed by atoms with E-state index in [1.165, 1.54) is 6.07 Å². The largest absolute Gasteiger partial charge is 0.292 e. The second-order valence-corrected chi connectivity index (χ2v) is 4.21. The fraction of sp³-hybridized carbons (Fsp3) is 0.417. The first-order valence-electron chi connectivity index (χ1n) is 4.91. The van der Waals surface area contributed by atoms with Gasteiger partial charge in [-0.2, -0.15) is 5.26 Å². The van der Waals surface area contributed by atoms with E-state index in [2.05, 4.69) is 6.07 Å². The van der Waals surface area contributed by atoms with Crippen molar-refractivity contribution in [3.8, 4) is 6.07 Å². The van der Waals surface area contributed by atoms with Gasteiger partial charge in [0.05, 0.1) is 6.07 Å². The van der Waals surface area contributed by atoms with E-state index in [4.69, 9.17) is 5.26 Å². The molecule has 0 bridgehead atoms. The Labute approximate surface area is 94.1 Å². The molecule has 0 aliphatic rings. The van der Waals surface area contributed by atoms with Crippen LogP contribution in [0.25, 0.3) is 0 Å². The van der Waals surface area contributed by atoms with Crippen molar-refractivity contribution in [2.75, 3.05) is 14.1 Å². The number of likely N-dealkylation sites (N-methyl/N-ethyl adjacent to an activating group) is 1. The number of nitriles is 1. The van der Waals surface area contributed by atoms with Crippen LogP contribution >= 0.6 is 0 Å². The van der Waals surface area contributed by atoms with Gasteiger partial charge in [-0.25, -0.2) is 8.78 Å². The minimum absolute atomic E-state index is 0.355. The first kappa shape index (κ1) is 12.6. The molecule has 0 fully saturated rings. The minimum Gasteiger partial charge on any atom is -0.292 e. The molecule has 1 unspecified atom stereocenters. The van der Waals surface area contributed by atoms with Crippen molar-refractivity contribution in [1.82, 2.24) is 4.90 Å². The van der Waals surface area contributed by atoms with E-state index >= 15 is 0 Å². The summed E-state index contributed by atoms with van der Waals surface area (Å²) in [5.41, 5.74) is -0.110. The normalized spacial score (nSPS) is 14.6. The van der Waals surface area contributed by atoms with E-state index in [9.17, 15) is 8.78 Å². The summed E-state index contributed by atoms with van der Waals surface area (Å²) in [5, 5.41) is 9.08. The lowest BCUT2D eigenvalue weighted by Gasteiger charge is -2.29. The van der Waals surface area contributed by atoms with Crippen molar-refractivity contribution >= 4 is 0 Å². The van der Waals surface area contributed by atoms with Crippen molar-refractivity contribution in [2.24, 2.45) is 0 Å². The van der Waals surface area contributed by atoms with Crippen LogP contribution in [-0.2, 0) is 6.42 Å². The van der Waals surface area contributed by atoms with Gasteiger partial charge in [-0.15, -0.1) is 0 Å². The number of hydrogen-bond acceptors (Lipinski definition) is 2. The predicted octanol–water partition coefficient (Wildman–Crippen LogP) is 2.35. The Balaban J connectivity index is 2.96. The fourth-order valence-electron chi connectivity index (χ4n) is 1.34. The summed E-state index contributed by atoms with van der Waals surface area (Å²) in [4.78, 5) is 1.76. The van der Waals surface area contributed by atoms with Gasteiger partial charge in [0.25, 0.3) is 0 Å². The molecule has 0 amide bonds. The fourth-order valence-corrected chi connectivity index (χ4v) is 1.34. The molecule has 2 nitrogen and oxygen atoms in total. The Hall–Kier alpha value is -1.47. The van der Waals surface area contributed by atoms with Gasteiger partial charge in [0.2, 0.25) is 0 Å². The smallest absolute Gasteiger partial charge is 0.159 e. The molecular weight excluding hydrogens is 210 g/mol. The van der Waals surface area contributed by atoms with E-state index in [1.807, 2.05) is 0 Å². The molecule has 1 rings (SSSR count). The maximum atomic E-state index is 13.0. The quantitative estimate of drug-likeness (QED) is 0.788. The molecule has 0 saturated carbocycles. The van der Waals surface area contributed by atoms with Crippen LogP contribution < -0.4 is 0 Å². The third-order valence-corrected chi connectivity index (χ3v) is 2.76. The SMILES string of the molecule is CN(C)C(C)(C#N)Cc1ccc(F)c(F)c1. The van der Waals surface area contributed by atoms with Crippen molar-refractivity contribution in [1.29, 1.82) is 5.26 Å². The summed E-state index contributed by atoms with van der Waals surface area (Å²) in [5.74, 6) is -1.75. The molecule has 0 spiro atoms. The third kappa shape index (κ3) is 2.56. The summed E-state index contributed by atoms with van der Waals surface area (Å²) in [6.07, 6.45) is 0.355. The molecule has 16 heavy (non-hydrogen) atoms. The van der Waals surface area contributed by atoms with E-state index in [0.717, 1.165) is 12.1 Å². The number of benzene rings is 1. The third-order valence-electron chi connectivity index (χ3n) is 2.76. The molecule has 0 aliphatic heterocycles. The molecule has 0 aliphatic carbocycles. The summed E-state index contributed by atoms with van der Waals surface area (Å²) in [6.45, 7) is 1.76. The van der Waals surface area contributed by atoms with Gasteiger partial charge in [0.1, 0.15) is 5.54 Å². The zero-order valence-corrected chi connectivity index (χ0v) is 9.59. The first-order chi connectivity index (χ1) is 7.39. The van der Waals surface area contributed by atoms with Crippen LogP contribution in [0.5, 0.6) is 0 Å². The lowest BCUT2D eigenvalue weighted by atomic mass is 9.93. The van der Waals surface area contributed by atoms with Gasteiger partial charge in [-0.1, -0.05) is 6.07 Å². The van der Waals surface area contributed by atoms with Crippen LogP contribution in [0.1, 0.15) is 12.5 Å². The molecule has 86 valence electrons. The van der Waals surface area contributed by atoms with Gasteiger partial charge in [0.15, 0.2) is 11.6 Å². The molecule has 1 aromatic carbocycles. The predicted molar refractivity (Wildman–Crippen MR) is 57.8 cm³/mol. The van der Waals surface area contributed by atoms with Gasteiger partial charge in [-0.05, 0) is 38.7 Å². The zero-order valence-electron chi connectivity index (χ0n) is 9.59. The Morgan fingerprint density at radius 1 is 1.31 bits per heavy atom. The number of hydrogen-bond donors (Lipinski definition) is 0. The highest BCUT2D eigenvalue weighted by Gasteiger charge is 2.27. The van der Waals surface area contributed by atoms with Gasteiger partial charge in [-0.3, -0.25) is 4.90 Å². The van der Waals surface area contributed by atoms with Crippen LogP contribution in [-0.4, -0.2) is 24.5 Å². The van der Waals surface area contributed by atoms with Crippen molar-refractivity contribution < 1.29 is 8.78 Å². The van der Waals surface area contributed by atoms with E-state index < -0.39 is 17.2 Å². The second-order valence-electron chi connectivity index (χ2n) is 4.21. The van der Waals surface area contributed by atoms with Crippen LogP contribution in [0.4, 0.5) is 8.78 Å². The summed E-state index contributed by atoms with van der Waals surface area (Å²) in [7, 11) is 3.56. The molecule has 0 radical (unpaired) electrons. The highest BCUT2D eigenvalue weighted by atomic mass is 19.2. The van der Waals surface area contributed by atoms with Gasteiger partial charge in [0, 0.05) is 6.42 Å². The van der Waals surface area contributed by atoms with Crippen molar-refractivity contribution in [3.05, 3.63) is 35.4 Å². The van der Waals surface area contributed by atoms with E-state index in [-0.39, 0.29) is 0 Å². The average molecular weight is 224 g/mol. The van der Waals surface area contributed by atoms with Gasteiger partial charge < -0.3 is 0 Å². The standard InChI is InChI=1S/C12H14F2N2/c1-12(8-15,16(2)3)7-9-4-5-10(13)11(14)6-9/h4-6H,7H2,1-3H3. The Bertz CT molecular complexity index is 424. The maximum absolute atomic E-state index is 13.0. The van der Waals surface area contributed by atoms with Crippen LogP contribution in [0.2, 0.25) is 0 Å². The molecule has 1 atom stereocenters. The van der Waals surface area contributed by atoms with Crippen molar-refractivity contribution in [3.63, 3.8) is 0 Å². The van der Waals surface area contributed by atoms with Crippen LogP contribution in [0.15, 0.2) is 18.2 Å². The van der Waals surface area contributed by atoms with Crippen molar-refractivity contribution in [2.45, 2.75) is 18.9 Å². The molecule has 0 saturated heterocycles. The topological polar surface area (TPSA) is 27.0 Å². The Morgan fingerprint density at radius 2 is 1.94 bits per heavy atom. The van der Waals surface area contributed by atoms with Gasteiger partial charge >= 0.3 is 0 Å². The van der Waals surface area contributed by atoms with E-state index in [0.29, 0.717) is 12.0 Å². The molecule has 0 N–H and O–H groups in total. The highest BCUT2D eigenvalue weighted by molar-refractivity contribution is 5.23. The molecule has 1 aromatic rings. The summed E-state index contributed by atoms with van der Waals surface area (Å²) < 4.78 is 25.7. The lowest BCUT2D eigenvalue weighted by Crippen LogP contribution is -2.41. The number of nitrogens with zero attached hydrogens (tertiary/aromatic N) is 2. The molecule has 4 heteroatoms. The number of halogens is 2. The molecule has 0 heterocycles. The average Bonchev–Trinajstić information content (AvgIpc) is 2.23. The summed E-state index contributed by atoms with van der Waals surface area (Å²) >= 11 is 0. The highest BCUT2D eigenvalue weighted by Crippen LogP contribution is 2.19. The van der Waals surface area contributed by atoms with Crippen LogP contribution in [0, 0.1) is 23.0 Å². The molecule has 0 aromatic heterocycles. The number of rotatable bonds is 3. The van der Waals surface area contributed by atoms with E-state index in [1.54, 1.807) is 25.9 Å². The monoisotopic (exact) mass is 224 g/mol. The van der Waals surface area contributed by atoms with Crippen LogP contribution in [0.3, 0.4) is 0 Å². The molecular formula is C12H14F2N2. The zero-order chi connectivity index (χ0) is 12.3. The first-order valence-corrected chi connectivity index (χ1v) is 4.91. The summed E-state index contributed by atoms with van der Waals surface area (Å²) in [6, 6.07) is 5.88. The second kappa shape index (κ2) is 4.58. The Kier molecular flexibility index (Phi) is 3.61. The minimum atomic E-state index is -0.878. The Morgan fingerprint density at radius 3 is 2.38 bits per heavy atom. The maximum Gasteiger partial charge on any atom is 0.159 e.